The number of carbonyl (C=O) groups is 1. The first-order chi connectivity index (χ1) is 8.28. The number of hydrogen-bond donors (Lipinski definition) is 2. The van der Waals surface area contributed by atoms with E-state index >= 15 is 0 Å². The van der Waals surface area contributed by atoms with Gasteiger partial charge < -0.3 is 5.32 Å². The first-order valence-electron chi connectivity index (χ1n) is 5.72. The molecule has 1 amide bonds. The van der Waals surface area contributed by atoms with Gasteiger partial charge in [0.25, 0.3) is 0 Å². The molecule has 1 heterocycles. The van der Waals surface area contributed by atoms with E-state index in [1.807, 2.05) is 17.5 Å². The zero-order valence-electron chi connectivity index (χ0n) is 9.48. The van der Waals surface area contributed by atoms with Gasteiger partial charge >= 0.3 is 0 Å². The molecule has 2 rings (SSSR count). The average Bonchev–Trinajstić information content (AvgIpc) is 2.97. The zero-order chi connectivity index (χ0) is 12.1. The molecule has 1 fully saturated rings. The van der Waals surface area contributed by atoms with E-state index in [0.29, 0.717) is 12.6 Å². The molecule has 4 nitrogen and oxygen atoms in total. The molecular formula is C12H15N3OS. The third-order valence-corrected chi connectivity index (χ3v) is 3.47. The van der Waals surface area contributed by atoms with E-state index in [2.05, 4.69) is 16.7 Å². The summed E-state index contributed by atoms with van der Waals surface area (Å²) in [4.78, 5) is 12.7. The average molecular weight is 249 g/mol. The molecule has 0 aromatic carbocycles. The predicted octanol–water partition coefficient (Wildman–Crippen LogP) is 1.40. The van der Waals surface area contributed by atoms with Crippen molar-refractivity contribution in [1.29, 1.82) is 5.26 Å². The lowest BCUT2D eigenvalue weighted by Gasteiger charge is -2.10. The van der Waals surface area contributed by atoms with Crippen LogP contribution in [0.15, 0.2) is 17.5 Å². The summed E-state index contributed by atoms with van der Waals surface area (Å²) < 4.78 is 0. The van der Waals surface area contributed by atoms with Crippen LogP contribution in [0.2, 0.25) is 0 Å². The number of nitrogens with one attached hydrogen (secondary N) is 2. The van der Waals surface area contributed by atoms with Crippen molar-refractivity contribution in [3.05, 3.63) is 22.4 Å². The van der Waals surface area contributed by atoms with Crippen molar-refractivity contribution in [2.45, 2.75) is 37.9 Å². The summed E-state index contributed by atoms with van der Waals surface area (Å²) in [6, 6.07) is 6.06. The molecule has 2 N–H and O–H groups in total. The molecule has 1 aromatic heterocycles. The summed E-state index contributed by atoms with van der Waals surface area (Å²) >= 11 is 1.64. The minimum Gasteiger partial charge on any atom is -0.353 e. The Morgan fingerprint density at radius 3 is 3.06 bits per heavy atom. The first-order valence-corrected chi connectivity index (χ1v) is 6.60. The van der Waals surface area contributed by atoms with Crippen molar-refractivity contribution in [3.63, 3.8) is 0 Å². The lowest BCUT2D eigenvalue weighted by atomic mass is 10.2. The van der Waals surface area contributed by atoms with Gasteiger partial charge in [-0.15, -0.1) is 11.3 Å². The van der Waals surface area contributed by atoms with Gasteiger partial charge in [0.1, 0.15) is 6.04 Å². The maximum Gasteiger partial charge on any atom is 0.222 e. The van der Waals surface area contributed by atoms with Crippen LogP contribution in [-0.4, -0.2) is 18.0 Å². The Hall–Kier alpha value is -1.38. The Morgan fingerprint density at radius 2 is 2.47 bits per heavy atom. The maximum atomic E-state index is 11.5. The molecule has 0 aliphatic heterocycles. The van der Waals surface area contributed by atoms with Crippen molar-refractivity contribution in [2.75, 3.05) is 0 Å². The number of thiophene rings is 1. The SMILES string of the molecule is N#CC(CC(=O)NC1CC1)NCc1cccs1. The molecule has 0 saturated heterocycles. The summed E-state index contributed by atoms with van der Waals surface area (Å²) in [6.45, 7) is 0.645. The summed E-state index contributed by atoms with van der Waals surface area (Å²) in [5, 5.41) is 16.9. The van der Waals surface area contributed by atoms with Crippen LogP contribution in [0.25, 0.3) is 0 Å². The van der Waals surface area contributed by atoms with Crippen LogP contribution in [0.4, 0.5) is 0 Å². The molecule has 1 unspecified atom stereocenters. The summed E-state index contributed by atoms with van der Waals surface area (Å²) in [5.41, 5.74) is 0. The van der Waals surface area contributed by atoms with Crippen LogP contribution in [0.5, 0.6) is 0 Å². The zero-order valence-corrected chi connectivity index (χ0v) is 10.3. The smallest absolute Gasteiger partial charge is 0.222 e. The van der Waals surface area contributed by atoms with E-state index in [1.165, 1.54) is 4.88 Å². The number of rotatable bonds is 6. The van der Waals surface area contributed by atoms with Crippen molar-refractivity contribution < 1.29 is 4.79 Å². The van der Waals surface area contributed by atoms with Crippen LogP contribution >= 0.6 is 11.3 Å². The number of carbonyl (C=O) groups excluding carboxylic acids is 1. The van der Waals surface area contributed by atoms with Crippen molar-refractivity contribution in [1.82, 2.24) is 10.6 Å². The third-order valence-electron chi connectivity index (χ3n) is 2.59. The molecular weight excluding hydrogens is 234 g/mol. The topological polar surface area (TPSA) is 64.9 Å². The van der Waals surface area contributed by atoms with E-state index < -0.39 is 6.04 Å². The van der Waals surface area contributed by atoms with Crippen LogP contribution in [-0.2, 0) is 11.3 Å². The Balaban J connectivity index is 1.72. The molecule has 0 bridgehead atoms. The molecule has 0 radical (unpaired) electrons. The number of hydrogen-bond acceptors (Lipinski definition) is 4. The molecule has 90 valence electrons. The van der Waals surface area contributed by atoms with Gasteiger partial charge in [-0.1, -0.05) is 6.07 Å². The predicted molar refractivity (Wildman–Crippen MR) is 66.3 cm³/mol. The van der Waals surface area contributed by atoms with Gasteiger partial charge in [0, 0.05) is 17.5 Å². The van der Waals surface area contributed by atoms with E-state index in [4.69, 9.17) is 5.26 Å². The fourth-order valence-corrected chi connectivity index (χ4v) is 2.16. The van der Waals surface area contributed by atoms with Crippen LogP contribution < -0.4 is 10.6 Å². The minimum atomic E-state index is -0.407. The highest BCUT2D eigenvalue weighted by atomic mass is 32.1. The fourth-order valence-electron chi connectivity index (χ4n) is 1.50. The molecule has 1 aromatic rings. The second-order valence-electron chi connectivity index (χ2n) is 4.19. The highest BCUT2D eigenvalue weighted by molar-refractivity contribution is 7.09. The van der Waals surface area contributed by atoms with Gasteiger partial charge in [-0.05, 0) is 24.3 Å². The molecule has 1 aliphatic carbocycles. The van der Waals surface area contributed by atoms with E-state index in [9.17, 15) is 4.79 Å². The minimum absolute atomic E-state index is 0.0299. The van der Waals surface area contributed by atoms with Crippen LogP contribution in [0, 0.1) is 11.3 Å². The van der Waals surface area contributed by atoms with Crippen molar-refractivity contribution in [2.24, 2.45) is 0 Å². The van der Waals surface area contributed by atoms with Gasteiger partial charge in [0.05, 0.1) is 12.5 Å². The van der Waals surface area contributed by atoms with E-state index in [0.717, 1.165) is 12.8 Å². The van der Waals surface area contributed by atoms with Crippen molar-refractivity contribution >= 4 is 17.2 Å². The molecule has 1 aliphatic rings. The number of nitrogens with zero attached hydrogens (tertiary/aromatic N) is 1. The summed E-state index contributed by atoms with van der Waals surface area (Å²) in [5.74, 6) is -0.0299. The highest BCUT2D eigenvalue weighted by Gasteiger charge is 2.24. The molecule has 1 saturated carbocycles. The largest absolute Gasteiger partial charge is 0.353 e. The Bertz CT molecular complexity index is 406. The van der Waals surface area contributed by atoms with E-state index in [-0.39, 0.29) is 12.3 Å². The Morgan fingerprint density at radius 1 is 1.65 bits per heavy atom. The molecule has 0 spiro atoms. The Kier molecular flexibility index (Phi) is 4.13. The number of nitriles is 1. The lowest BCUT2D eigenvalue weighted by molar-refractivity contribution is -0.121. The number of amides is 1. The maximum absolute atomic E-state index is 11.5. The van der Waals surface area contributed by atoms with Crippen LogP contribution in [0.1, 0.15) is 24.1 Å². The monoisotopic (exact) mass is 249 g/mol. The van der Waals surface area contributed by atoms with Gasteiger partial charge in [0.15, 0.2) is 0 Å². The molecule has 1 atom stereocenters. The van der Waals surface area contributed by atoms with Gasteiger partial charge in [-0.2, -0.15) is 5.26 Å². The fraction of sp³-hybridized carbons (Fsp3) is 0.500. The quantitative estimate of drug-likeness (QED) is 0.801. The molecule has 17 heavy (non-hydrogen) atoms. The molecule has 5 heteroatoms. The van der Waals surface area contributed by atoms with Crippen molar-refractivity contribution in [3.8, 4) is 6.07 Å². The standard InChI is InChI=1S/C12H15N3OS/c13-7-10(6-12(16)15-9-3-4-9)14-8-11-2-1-5-17-11/h1-2,5,9-10,14H,3-4,6,8H2,(H,15,16). The highest BCUT2D eigenvalue weighted by Crippen LogP contribution is 2.18. The second-order valence-corrected chi connectivity index (χ2v) is 5.22. The van der Waals surface area contributed by atoms with Gasteiger partial charge in [-0.3, -0.25) is 10.1 Å². The first kappa shape index (κ1) is 12.1. The summed E-state index contributed by atoms with van der Waals surface area (Å²) in [6.07, 6.45) is 2.38. The Labute approximate surface area is 105 Å². The van der Waals surface area contributed by atoms with Crippen LogP contribution in [0.3, 0.4) is 0 Å². The van der Waals surface area contributed by atoms with Gasteiger partial charge in [-0.25, -0.2) is 0 Å². The van der Waals surface area contributed by atoms with E-state index in [1.54, 1.807) is 11.3 Å². The normalized spacial score (nSPS) is 16.2. The van der Waals surface area contributed by atoms with Gasteiger partial charge in [0.2, 0.25) is 5.91 Å². The third kappa shape index (κ3) is 4.17. The lowest BCUT2D eigenvalue weighted by Crippen LogP contribution is -2.35. The summed E-state index contributed by atoms with van der Waals surface area (Å²) in [7, 11) is 0. The second kappa shape index (κ2) is 5.80.